The van der Waals surface area contributed by atoms with E-state index in [-0.39, 0.29) is 11.1 Å². The monoisotopic (exact) mass is 297 g/mol. The van der Waals surface area contributed by atoms with Gasteiger partial charge in [-0.1, -0.05) is 47.5 Å². The van der Waals surface area contributed by atoms with E-state index in [1.165, 1.54) is 6.07 Å². The van der Waals surface area contributed by atoms with Crippen LogP contribution in [-0.2, 0) is 0 Å². The van der Waals surface area contributed by atoms with E-state index in [9.17, 15) is 4.39 Å². The van der Waals surface area contributed by atoms with Gasteiger partial charge in [-0.15, -0.1) is 0 Å². The van der Waals surface area contributed by atoms with E-state index in [2.05, 4.69) is 5.32 Å². The second kappa shape index (κ2) is 5.91. The molecule has 2 rings (SSSR count). The Balaban J connectivity index is 2.50. The maximum absolute atomic E-state index is 13.5. The highest BCUT2D eigenvalue weighted by molar-refractivity contribution is 6.32. The fourth-order valence-electron chi connectivity index (χ4n) is 2.03. The molecule has 1 unspecified atom stereocenters. The largest absolute Gasteiger partial charge is 0.309 e. The van der Waals surface area contributed by atoms with E-state index < -0.39 is 5.82 Å². The first kappa shape index (κ1) is 14.3. The predicted octanol–water partition coefficient (Wildman–Crippen LogP) is 4.75. The highest BCUT2D eigenvalue weighted by Gasteiger charge is 2.17. The van der Waals surface area contributed by atoms with Gasteiger partial charge in [0.2, 0.25) is 0 Å². The molecule has 2 aromatic rings. The van der Waals surface area contributed by atoms with Gasteiger partial charge in [0.1, 0.15) is 5.82 Å². The Morgan fingerprint density at radius 1 is 1.16 bits per heavy atom. The number of hydrogen-bond donors (Lipinski definition) is 1. The van der Waals surface area contributed by atoms with Gasteiger partial charge in [0, 0.05) is 5.02 Å². The van der Waals surface area contributed by atoms with Crippen molar-refractivity contribution >= 4 is 23.2 Å². The fraction of sp³-hybridized carbons (Fsp3) is 0.200. The van der Waals surface area contributed by atoms with E-state index in [4.69, 9.17) is 23.2 Å². The van der Waals surface area contributed by atoms with Crippen LogP contribution in [-0.4, -0.2) is 7.05 Å². The Kier molecular flexibility index (Phi) is 4.46. The van der Waals surface area contributed by atoms with Crippen molar-refractivity contribution in [2.75, 3.05) is 7.05 Å². The van der Waals surface area contributed by atoms with Gasteiger partial charge in [-0.25, -0.2) is 4.39 Å². The van der Waals surface area contributed by atoms with Gasteiger partial charge in [-0.05, 0) is 42.8 Å². The molecule has 1 nitrogen and oxygen atoms in total. The fourth-order valence-corrected chi connectivity index (χ4v) is 2.46. The zero-order valence-corrected chi connectivity index (χ0v) is 12.2. The van der Waals surface area contributed by atoms with Crippen LogP contribution in [0.5, 0.6) is 0 Å². The van der Waals surface area contributed by atoms with Crippen LogP contribution in [0.15, 0.2) is 36.4 Å². The lowest BCUT2D eigenvalue weighted by atomic mass is 9.98. The molecule has 0 aliphatic carbocycles. The van der Waals surface area contributed by atoms with Crippen LogP contribution in [0.4, 0.5) is 4.39 Å². The summed E-state index contributed by atoms with van der Waals surface area (Å²) < 4.78 is 13.5. The average molecular weight is 298 g/mol. The predicted molar refractivity (Wildman–Crippen MR) is 78.5 cm³/mol. The molecule has 0 fully saturated rings. The number of aryl methyl sites for hydroxylation is 1. The number of rotatable bonds is 3. The zero-order valence-electron chi connectivity index (χ0n) is 10.7. The van der Waals surface area contributed by atoms with Crippen molar-refractivity contribution in [3.8, 4) is 0 Å². The summed E-state index contributed by atoms with van der Waals surface area (Å²) in [4.78, 5) is 0. The topological polar surface area (TPSA) is 12.0 Å². The van der Waals surface area contributed by atoms with Gasteiger partial charge in [0.25, 0.3) is 0 Å². The Labute approximate surface area is 122 Å². The minimum atomic E-state index is -0.419. The second-order valence-corrected chi connectivity index (χ2v) is 5.16. The summed E-state index contributed by atoms with van der Waals surface area (Å²) in [7, 11) is 1.81. The first-order valence-corrected chi connectivity index (χ1v) is 6.67. The molecule has 0 saturated heterocycles. The Morgan fingerprint density at radius 3 is 2.53 bits per heavy atom. The van der Waals surface area contributed by atoms with Gasteiger partial charge in [-0.2, -0.15) is 0 Å². The SMILES string of the molecule is CNC(c1ccc(C)c(Cl)c1)c1cccc(F)c1Cl. The summed E-state index contributed by atoms with van der Waals surface area (Å²) >= 11 is 12.2. The first-order valence-electron chi connectivity index (χ1n) is 5.92. The van der Waals surface area contributed by atoms with Gasteiger partial charge >= 0.3 is 0 Å². The molecular weight excluding hydrogens is 284 g/mol. The lowest BCUT2D eigenvalue weighted by molar-refractivity contribution is 0.617. The van der Waals surface area contributed by atoms with Crippen molar-refractivity contribution in [1.29, 1.82) is 0 Å². The lowest BCUT2D eigenvalue weighted by Gasteiger charge is -2.19. The molecule has 0 aliphatic heterocycles. The third-order valence-electron chi connectivity index (χ3n) is 3.11. The highest BCUT2D eigenvalue weighted by Crippen LogP contribution is 2.31. The second-order valence-electron chi connectivity index (χ2n) is 4.37. The molecule has 1 N–H and O–H groups in total. The molecule has 2 aromatic carbocycles. The van der Waals surface area contributed by atoms with Crippen molar-refractivity contribution < 1.29 is 4.39 Å². The lowest BCUT2D eigenvalue weighted by Crippen LogP contribution is -2.18. The van der Waals surface area contributed by atoms with Crippen LogP contribution in [0.1, 0.15) is 22.7 Å². The molecule has 0 amide bonds. The molecule has 1 atom stereocenters. The summed E-state index contributed by atoms with van der Waals surface area (Å²) in [5.41, 5.74) is 2.65. The molecule has 0 spiro atoms. The van der Waals surface area contributed by atoms with Gasteiger partial charge in [-0.3, -0.25) is 0 Å². The Hall–Kier alpha value is -1.09. The summed E-state index contributed by atoms with van der Waals surface area (Å²) in [5, 5.41) is 3.96. The summed E-state index contributed by atoms with van der Waals surface area (Å²) in [6.07, 6.45) is 0. The van der Waals surface area contributed by atoms with Crippen LogP contribution >= 0.6 is 23.2 Å². The number of hydrogen-bond acceptors (Lipinski definition) is 1. The minimum Gasteiger partial charge on any atom is -0.309 e. The van der Waals surface area contributed by atoms with Gasteiger partial charge in [0.15, 0.2) is 0 Å². The van der Waals surface area contributed by atoms with Crippen LogP contribution in [0.2, 0.25) is 10.0 Å². The van der Waals surface area contributed by atoms with Crippen molar-refractivity contribution in [3.63, 3.8) is 0 Å². The van der Waals surface area contributed by atoms with Crippen molar-refractivity contribution in [2.45, 2.75) is 13.0 Å². The molecule has 0 aromatic heterocycles. The van der Waals surface area contributed by atoms with Crippen molar-refractivity contribution in [3.05, 3.63) is 69.0 Å². The molecular formula is C15H14Cl2FN. The number of benzene rings is 2. The zero-order chi connectivity index (χ0) is 14.0. The van der Waals surface area contributed by atoms with E-state index in [0.717, 1.165) is 11.1 Å². The molecule has 100 valence electrons. The summed E-state index contributed by atoms with van der Waals surface area (Å²) in [5.74, 6) is -0.419. The van der Waals surface area contributed by atoms with E-state index in [1.807, 2.05) is 25.1 Å². The first-order chi connectivity index (χ1) is 9.04. The molecule has 0 saturated carbocycles. The Morgan fingerprint density at radius 2 is 1.89 bits per heavy atom. The van der Waals surface area contributed by atoms with Crippen LogP contribution in [0, 0.1) is 12.7 Å². The van der Waals surface area contributed by atoms with E-state index >= 15 is 0 Å². The van der Waals surface area contributed by atoms with Crippen LogP contribution in [0.25, 0.3) is 0 Å². The maximum Gasteiger partial charge on any atom is 0.142 e. The quantitative estimate of drug-likeness (QED) is 0.862. The maximum atomic E-state index is 13.5. The third kappa shape index (κ3) is 2.92. The molecule has 4 heteroatoms. The third-order valence-corrected chi connectivity index (χ3v) is 3.92. The van der Waals surface area contributed by atoms with Crippen LogP contribution < -0.4 is 5.32 Å². The van der Waals surface area contributed by atoms with Crippen molar-refractivity contribution in [2.24, 2.45) is 0 Å². The van der Waals surface area contributed by atoms with E-state index in [1.54, 1.807) is 19.2 Å². The van der Waals surface area contributed by atoms with Gasteiger partial charge < -0.3 is 5.32 Å². The molecule has 0 heterocycles. The summed E-state index contributed by atoms with van der Waals surface area (Å²) in [6.45, 7) is 1.94. The van der Waals surface area contributed by atoms with Crippen LogP contribution in [0.3, 0.4) is 0 Å². The summed E-state index contributed by atoms with van der Waals surface area (Å²) in [6, 6.07) is 10.4. The standard InChI is InChI=1S/C15H14Cl2FN/c1-9-6-7-10(8-12(9)16)15(19-2)11-4-3-5-13(18)14(11)17/h3-8,15,19H,1-2H3. The Bertz CT molecular complexity index is 599. The molecule has 0 bridgehead atoms. The number of nitrogens with one attached hydrogen (secondary N) is 1. The molecule has 0 radical (unpaired) electrons. The molecule has 0 aliphatic rings. The minimum absolute atomic E-state index is 0.138. The smallest absolute Gasteiger partial charge is 0.142 e. The van der Waals surface area contributed by atoms with E-state index in [0.29, 0.717) is 10.6 Å². The molecule has 19 heavy (non-hydrogen) atoms. The average Bonchev–Trinajstić information content (AvgIpc) is 2.39. The highest BCUT2D eigenvalue weighted by atomic mass is 35.5. The van der Waals surface area contributed by atoms with Gasteiger partial charge in [0.05, 0.1) is 11.1 Å². The normalized spacial score (nSPS) is 12.5. The van der Waals surface area contributed by atoms with Crippen molar-refractivity contribution in [1.82, 2.24) is 5.32 Å². The number of halogens is 3.